The van der Waals surface area contributed by atoms with Crippen LogP contribution in [0, 0.1) is 0 Å². The number of carbonyl (C=O) groups excluding carboxylic acids is 1. The predicted molar refractivity (Wildman–Crippen MR) is 69.0 cm³/mol. The first-order valence-corrected chi connectivity index (χ1v) is 5.70. The summed E-state index contributed by atoms with van der Waals surface area (Å²) >= 11 is 0. The minimum Gasteiger partial charge on any atom is -0.478 e. The lowest BCUT2D eigenvalue weighted by atomic mass is 10.1. The second-order valence-corrected chi connectivity index (χ2v) is 4.16. The molecule has 0 heterocycles. The Hall–Kier alpha value is -2.10. The predicted octanol–water partition coefficient (Wildman–Crippen LogP) is 2.28. The number of carboxylic acids is 1. The average Bonchev–Trinajstić information content (AvgIpc) is 2.37. The molecule has 2 N–H and O–H groups in total. The Labute approximate surface area is 106 Å². The first kappa shape index (κ1) is 14.0. The lowest BCUT2D eigenvalue weighted by Gasteiger charge is -2.15. The fourth-order valence-corrected chi connectivity index (χ4v) is 1.46. The minimum atomic E-state index is -1.07. The van der Waals surface area contributed by atoms with Crippen molar-refractivity contribution in [1.29, 1.82) is 0 Å². The monoisotopic (exact) mass is 247 g/mol. The second kappa shape index (κ2) is 6.00. The van der Waals surface area contributed by atoms with E-state index in [1.807, 2.05) is 37.3 Å². The van der Waals surface area contributed by atoms with Gasteiger partial charge in [-0.05, 0) is 26.3 Å². The molecule has 0 aromatic heterocycles. The summed E-state index contributed by atoms with van der Waals surface area (Å²) in [7, 11) is 0. The molecule has 0 aliphatic carbocycles. The molecule has 4 heteroatoms. The molecule has 0 fully saturated rings. The molecule has 1 rings (SSSR count). The maximum absolute atomic E-state index is 11.8. The first-order valence-electron chi connectivity index (χ1n) is 5.70. The molecule has 4 nitrogen and oxygen atoms in total. The summed E-state index contributed by atoms with van der Waals surface area (Å²) in [6.45, 7) is 4.79. The number of hydrogen-bond acceptors (Lipinski definition) is 2. The van der Waals surface area contributed by atoms with E-state index in [4.69, 9.17) is 5.11 Å². The molecule has 0 saturated heterocycles. The molecule has 18 heavy (non-hydrogen) atoms. The normalized spacial score (nSPS) is 13.5. The summed E-state index contributed by atoms with van der Waals surface area (Å²) in [5.41, 5.74) is 1.27. The van der Waals surface area contributed by atoms with Gasteiger partial charge in [0.05, 0.1) is 6.04 Å². The van der Waals surface area contributed by atoms with Gasteiger partial charge < -0.3 is 10.4 Å². The van der Waals surface area contributed by atoms with E-state index in [1.54, 1.807) is 0 Å². The van der Waals surface area contributed by atoms with Crippen molar-refractivity contribution in [3.8, 4) is 0 Å². The molecule has 0 bridgehead atoms. The van der Waals surface area contributed by atoms with Gasteiger partial charge in [-0.3, -0.25) is 4.79 Å². The van der Waals surface area contributed by atoms with Gasteiger partial charge in [-0.25, -0.2) is 4.79 Å². The van der Waals surface area contributed by atoms with Gasteiger partial charge in [0, 0.05) is 11.1 Å². The van der Waals surface area contributed by atoms with Crippen LogP contribution in [0.2, 0.25) is 0 Å². The zero-order chi connectivity index (χ0) is 13.7. The minimum absolute atomic E-state index is 0.0627. The Morgan fingerprint density at radius 3 is 2.17 bits per heavy atom. The zero-order valence-electron chi connectivity index (χ0n) is 10.7. The van der Waals surface area contributed by atoms with Crippen LogP contribution in [0.25, 0.3) is 0 Å². The van der Waals surface area contributed by atoms with Crippen molar-refractivity contribution in [2.45, 2.75) is 26.8 Å². The summed E-state index contributed by atoms with van der Waals surface area (Å²) in [5.74, 6) is -1.43. The summed E-state index contributed by atoms with van der Waals surface area (Å²) in [6, 6.07) is 9.35. The first-order chi connectivity index (χ1) is 8.43. The number of rotatable bonds is 4. The van der Waals surface area contributed by atoms with E-state index in [2.05, 4.69) is 5.32 Å². The van der Waals surface area contributed by atoms with E-state index in [0.717, 1.165) is 5.56 Å². The molecule has 1 atom stereocenters. The highest BCUT2D eigenvalue weighted by atomic mass is 16.4. The van der Waals surface area contributed by atoms with Crippen molar-refractivity contribution < 1.29 is 14.7 Å². The molecule has 1 amide bonds. The number of amides is 1. The summed E-state index contributed by atoms with van der Waals surface area (Å²) in [4.78, 5) is 22.6. The third-order valence-corrected chi connectivity index (χ3v) is 2.87. The number of hydrogen-bond donors (Lipinski definition) is 2. The van der Waals surface area contributed by atoms with E-state index >= 15 is 0 Å². The maximum atomic E-state index is 11.8. The summed E-state index contributed by atoms with van der Waals surface area (Å²) < 4.78 is 0. The largest absolute Gasteiger partial charge is 0.478 e. The van der Waals surface area contributed by atoms with Gasteiger partial charge in [0.2, 0.25) is 5.91 Å². The number of carboxylic acid groups (broad SMARTS) is 1. The molecule has 0 spiro atoms. The van der Waals surface area contributed by atoms with E-state index in [1.165, 1.54) is 13.8 Å². The summed E-state index contributed by atoms with van der Waals surface area (Å²) in [6.07, 6.45) is 0. The van der Waals surface area contributed by atoms with Crippen LogP contribution >= 0.6 is 0 Å². The molecular weight excluding hydrogens is 230 g/mol. The Morgan fingerprint density at radius 2 is 1.67 bits per heavy atom. The van der Waals surface area contributed by atoms with E-state index in [9.17, 15) is 9.59 Å². The fourth-order valence-electron chi connectivity index (χ4n) is 1.46. The molecule has 1 aromatic carbocycles. The molecule has 0 aliphatic heterocycles. The van der Waals surface area contributed by atoms with Crippen molar-refractivity contribution in [2.75, 3.05) is 0 Å². The molecule has 0 unspecified atom stereocenters. The van der Waals surface area contributed by atoms with Crippen LogP contribution in [0.4, 0.5) is 0 Å². The molecule has 0 saturated carbocycles. The highest BCUT2D eigenvalue weighted by Gasteiger charge is 2.15. The Balaban J connectivity index is 2.78. The second-order valence-electron chi connectivity index (χ2n) is 4.16. The van der Waals surface area contributed by atoms with Gasteiger partial charge >= 0.3 is 5.97 Å². The molecule has 0 radical (unpaired) electrons. The number of aliphatic carboxylic acids is 1. The van der Waals surface area contributed by atoms with Crippen molar-refractivity contribution in [3.63, 3.8) is 0 Å². The fraction of sp³-hybridized carbons (Fsp3) is 0.286. The highest BCUT2D eigenvalue weighted by Crippen LogP contribution is 2.13. The van der Waals surface area contributed by atoms with E-state index < -0.39 is 5.97 Å². The Kier molecular flexibility index (Phi) is 4.66. The third kappa shape index (κ3) is 3.45. The molecule has 96 valence electrons. The van der Waals surface area contributed by atoms with Crippen molar-refractivity contribution in [3.05, 3.63) is 47.0 Å². The molecule has 1 aromatic rings. The number of nitrogens with one attached hydrogen (secondary N) is 1. The third-order valence-electron chi connectivity index (χ3n) is 2.87. The van der Waals surface area contributed by atoms with Crippen LogP contribution in [0.15, 0.2) is 41.5 Å². The van der Waals surface area contributed by atoms with Gasteiger partial charge in [0.1, 0.15) is 0 Å². The standard InChI is InChI=1S/C14H17NO3/c1-9(10(2)14(17)18)13(16)15-11(3)12-7-5-4-6-8-12/h4-8,11H,1-3H3,(H,15,16)(H,17,18)/t11-/m0/s1. The quantitative estimate of drug-likeness (QED) is 0.802. The van der Waals surface area contributed by atoms with Crippen molar-refractivity contribution in [1.82, 2.24) is 5.32 Å². The van der Waals surface area contributed by atoms with Crippen LogP contribution in [-0.4, -0.2) is 17.0 Å². The van der Waals surface area contributed by atoms with E-state index in [0.29, 0.717) is 0 Å². The van der Waals surface area contributed by atoms with Gasteiger partial charge in [-0.2, -0.15) is 0 Å². The SMILES string of the molecule is CC(C(=O)O)=C(C)C(=O)N[C@@H](C)c1ccccc1. The van der Waals surface area contributed by atoms with Crippen LogP contribution in [-0.2, 0) is 9.59 Å². The lowest BCUT2D eigenvalue weighted by Crippen LogP contribution is -2.28. The van der Waals surface area contributed by atoms with Crippen LogP contribution in [0.5, 0.6) is 0 Å². The van der Waals surface area contributed by atoms with Crippen LogP contribution in [0.1, 0.15) is 32.4 Å². The maximum Gasteiger partial charge on any atom is 0.331 e. The number of benzene rings is 1. The summed E-state index contributed by atoms with van der Waals surface area (Å²) in [5, 5.41) is 11.6. The van der Waals surface area contributed by atoms with Crippen molar-refractivity contribution >= 4 is 11.9 Å². The van der Waals surface area contributed by atoms with Gasteiger partial charge in [0.15, 0.2) is 0 Å². The van der Waals surface area contributed by atoms with E-state index in [-0.39, 0.29) is 23.1 Å². The highest BCUT2D eigenvalue weighted by molar-refractivity contribution is 6.01. The number of carbonyl (C=O) groups is 2. The van der Waals surface area contributed by atoms with Gasteiger partial charge in [-0.15, -0.1) is 0 Å². The van der Waals surface area contributed by atoms with Crippen LogP contribution < -0.4 is 5.32 Å². The molecule has 0 aliphatic rings. The van der Waals surface area contributed by atoms with Crippen LogP contribution in [0.3, 0.4) is 0 Å². The van der Waals surface area contributed by atoms with Crippen molar-refractivity contribution in [2.24, 2.45) is 0 Å². The molecular formula is C14H17NO3. The van der Waals surface area contributed by atoms with Gasteiger partial charge in [-0.1, -0.05) is 30.3 Å². The zero-order valence-corrected chi connectivity index (χ0v) is 10.7. The smallest absolute Gasteiger partial charge is 0.331 e. The Morgan fingerprint density at radius 1 is 1.11 bits per heavy atom. The topological polar surface area (TPSA) is 66.4 Å². The van der Waals surface area contributed by atoms with Gasteiger partial charge in [0.25, 0.3) is 0 Å². The Bertz CT molecular complexity index is 477. The lowest BCUT2D eigenvalue weighted by molar-refractivity contribution is -0.133. The average molecular weight is 247 g/mol.